The number of rotatable bonds is 5. The Labute approximate surface area is 123 Å². The van der Waals surface area contributed by atoms with Crippen molar-refractivity contribution in [1.82, 2.24) is 0 Å². The van der Waals surface area contributed by atoms with Gasteiger partial charge in [0.05, 0.1) is 11.8 Å². The minimum atomic E-state index is -2.21. The highest BCUT2D eigenvalue weighted by Crippen LogP contribution is 2.18. The first kappa shape index (κ1) is 14.8. The zero-order valence-electron chi connectivity index (χ0n) is 11.1. The van der Waals surface area contributed by atoms with E-state index in [1.165, 1.54) is 0 Å². The van der Waals surface area contributed by atoms with E-state index in [1.807, 2.05) is 24.3 Å². The van der Waals surface area contributed by atoms with E-state index in [0.717, 1.165) is 16.8 Å². The summed E-state index contributed by atoms with van der Waals surface area (Å²) < 4.78 is 25.9. The first-order valence-electron chi connectivity index (χ1n) is 6.18. The van der Waals surface area contributed by atoms with Crippen molar-refractivity contribution in [2.75, 3.05) is 11.9 Å². The molecule has 108 valence electrons. The van der Waals surface area contributed by atoms with Gasteiger partial charge in [0.1, 0.15) is 12.4 Å². The molecule has 0 fully saturated rings. The van der Waals surface area contributed by atoms with Gasteiger partial charge in [-0.05, 0) is 36.4 Å². The predicted octanol–water partition coefficient (Wildman–Crippen LogP) is 1.67. The smallest absolute Gasteiger partial charge is 0.295 e. The Hall–Kier alpha value is -2.63. The molecule has 0 aromatic heterocycles. The number of nitrogens with zero attached hydrogens (tertiary/aromatic N) is 2. The van der Waals surface area contributed by atoms with Crippen molar-refractivity contribution in [3.63, 3.8) is 0 Å². The molecule has 0 saturated heterocycles. The minimum Gasteiger partial charge on any atom is -0.488 e. The van der Waals surface area contributed by atoms with Crippen LogP contribution in [-0.2, 0) is 10.3 Å². The molecule has 0 atom stereocenters. The van der Waals surface area contributed by atoms with E-state index in [4.69, 9.17) is 10.3 Å². The first-order chi connectivity index (χ1) is 10.2. The molecule has 0 spiro atoms. The lowest BCUT2D eigenvalue weighted by Gasteiger charge is -2.10. The molecule has 2 rings (SSSR count). The van der Waals surface area contributed by atoms with Gasteiger partial charge in [-0.2, -0.15) is 13.2 Å². The number of ether oxygens (including phenoxy) is 1. The standard InChI is InChI=1S/C14H13N3O3S/c15-17-13-3-1-11(2-4-13)16-12-5-7-14(8-6-12)20-9-10-21(18)19/h1-3,5-8,10,16H,4,9H2. The molecule has 0 aliphatic heterocycles. The highest BCUT2D eigenvalue weighted by molar-refractivity contribution is 7.71. The monoisotopic (exact) mass is 303 g/mol. The van der Waals surface area contributed by atoms with Crippen molar-refractivity contribution in [2.24, 2.45) is 0 Å². The van der Waals surface area contributed by atoms with Crippen LogP contribution in [0.25, 0.3) is 5.53 Å². The van der Waals surface area contributed by atoms with Crippen LogP contribution in [-0.4, -0.2) is 30.9 Å². The third-order valence-electron chi connectivity index (χ3n) is 2.71. The second kappa shape index (κ2) is 7.23. The summed E-state index contributed by atoms with van der Waals surface area (Å²) in [6, 6.07) is 7.15. The SMILES string of the molecule is [N-]=[N+]=C1C=CC(Nc2ccc(OCC=S(=O)=O)cc2)=CC1. The molecule has 0 heterocycles. The second-order valence-electron chi connectivity index (χ2n) is 4.18. The predicted molar refractivity (Wildman–Crippen MR) is 81.0 cm³/mol. The number of allylic oxidation sites excluding steroid dienone is 3. The topological polar surface area (TPSA) is 91.8 Å². The lowest BCUT2D eigenvalue weighted by molar-refractivity contribution is -0.00540. The van der Waals surface area contributed by atoms with Crippen LogP contribution in [0.1, 0.15) is 6.42 Å². The summed E-state index contributed by atoms with van der Waals surface area (Å²) in [6.45, 7) is 0.0139. The van der Waals surface area contributed by atoms with Gasteiger partial charge in [-0.25, -0.2) is 0 Å². The molecule has 7 heteroatoms. The lowest BCUT2D eigenvalue weighted by Crippen LogP contribution is -2.05. The van der Waals surface area contributed by atoms with Crippen molar-refractivity contribution in [3.05, 3.63) is 53.7 Å². The summed E-state index contributed by atoms with van der Waals surface area (Å²) >= 11 is 0. The molecule has 0 saturated carbocycles. The average Bonchev–Trinajstić information content (AvgIpc) is 2.49. The third kappa shape index (κ3) is 4.76. The zero-order chi connectivity index (χ0) is 15.1. The Morgan fingerprint density at radius 1 is 1.29 bits per heavy atom. The van der Waals surface area contributed by atoms with Crippen LogP contribution in [0, 0.1) is 0 Å². The van der Waals surface area contributed by atoms with Gasteiger partial charge < -0.3 is 15.6 Å². The van der Waals surface area contributed by atoms with Gasteiger partial charge in [0.2, 0.25) is 10.3 Å². The Morgan fingerprint density at radius 2 is 2.05 bits per heavy atom. The molecule has 1 aliphatic carbocycles. The van der Waals surface area contributed by atoms with E-state index in [0.29, 0.717) is 17.9 Å². The molecule has 21 heavy (non-hydrogen) atoms. The van der Waals surface area contributed by atoms with Crippen molar-refractivity contribution < 1.29 is 17.9 Å². The molecule has 1 aromatic rings. The maximum Gasteiger partial charge on any atom is 0.295 e. The molecule has 1 N–H and O–H groups in total. The number of benzene rings is 1. The van der Waals surface area contributed by atoms with Crippen LogP contribution >= 0.6 is 0 Å². The quantitative estimate of drug-likeness (QED) is 0.509. The van der Waals surface area contributed by atoms with Gasteiger partial charge in [-0.3, -0.25) is 0 Å². The van der Waals surface area contributed by atoms with Crippen LogP contribution in [0.2, 0.25) is 0 Å². The molecular weight excluding hydrogens is 290 g/mol. The van der Waals surface area contributed by atoms with Crippen LogP contribution in [0.5, 0.6) is 5.75 Å². The van der Waals surface area contributed by atoms with E-state index < -0.39 is 10.3 Å². The third-order valence-corrected chi connectivity index (χ3v) is 3.12. The Bertz CT molecular complexity index is 747. The first-order valence-corrected chi connectivity index (χ1v) is 7.31. The van der Waals surface area contributed by atoms with Gasteiger partial charge in [0.15, 0.2) is 0 Å². The minimum absolute atomic E-state index is 0.0139. The highest BCUT2D eigenvalue weighted by Gasteiger charge is 2.07. The van der Waals surface area contributed by atoms with Crippen LogP contribution < -0.4 is 10.1 Å². The van der Waals surface area contributed by atoms with Crippen LogP contribution in [0.4, 0.5) is 5.69 Å². The fourth-order valence-electron chi connectivity index (χ4n) is 1.69. The van der Waals surface area contributed by atoms with Gasteiger partial charge in [0, 0.05) is 17.5 Å². The summed E-state index contributed by atoms with van der Waals surface area (Å²) in [4.78, 5) is 3.14. The molecule has 1 aliphatic rings. The number of nitrogens with one attached hydrogen (secondary N) is 1. The maximum atomic E-state index is 10.3. The Morgan fingerprint density at radius 3 is 2.62 bits per heavy atom. The lowest BCUT2D eigenvalue weighted by atomic mass is 10.1. The zero-order valence-corrected chi connectivity index (χ0v) is 11.9. The Kier molecular flexibility index (Phi) is 5.09. The normalized spacial score (nSPS) is 13.1. The van der Waals surface area contributed by atoms with Crippen molar-refractivity contribution in [2.45, 2.75) is 6.42 Å². The van der Waals surface area contributed by atoms with Crippen molar-refractivity contribution in [1.29, 1.82) is 0 Å². The molecule has 0 unspecified atom stereocenters. The number of anilines is 1. The molecule has 6 nitrogen and oxygen atoms in total. The van der Waals surface area contributed by atoms with E-state index >= 15 is 0 Å². The van der Waals surface area contributed by atoms with Gasteiger partial charge in [-0.1, -0.05) is 0 Å². The van der Waals surface area contributed by atoms with E-state index in [9.17, 15) is 8.42 Å². The summed E-state index contributed by atoms with van der Waals surface area (Å²) in [5, 5.41) is 4.25. The molecule has 0 bridgehead atoms. The van der Waals surface area contributed by atoms with Crippen molar-refractivity contribution in [3.8, 4) is 5.75 Å². The maximum absolute atomic E-state index is 10.3. The van der Waals surface area contributed by atoms with Crippen LogP contribution in [0.3, 0.4) is 0 Å². The van der Waals surface area contributed by atoms with E-state index in [1.54, 1.807) is 18.2 Å². The second-order valence-corrected chi connectivity index (χ2v) is 5.03. The Balaban J connectivity index is 1.94. The fraction of sp³-hybridized carbons (Fsp3) is 0.143. The molecular formula is C14H13N3O3S. The summed E-state index contributed by atoms with van der Waals surface area (Å²) in [5.41, 5.74) is 11.0. The van der Waals surface area contributed by atoms with Gasteiger partial charge >= 0.3 is 0 Å². The van der Waals surface area contributed by atoms with Gasteiger partial charge in [0.25, 0.3) is 5.71 Å². The van der Waals surface area contributed by atoms with Crippen LogP contribution in [0.15, 0.2) is 48.2 Å². The molecule has 1 aromatic carbocycles. The van der Waals surface area contributed by atoms with E-state index in [2.05, 4.69) is 10.1 Å². The van der Waals surface area contributed by atoms with Crippen molar-refractivity contribution >= 4 is 27.1 Å². The summed E-state index contributed by atoms with van der Waals surface area (Å²) in [6.07, 6.45) is 6.04. The summed E-state index contributed by atoms with van der Waals surface area (Å²) in [5.74, 6) is 0.588. The number of hydrogen-bond acceptors (Lipinski definition) is 4. The largest absolute Gasteiger partial charge is 0.488 e. The number of hydrogen-bond donors (Lipinski definition) is 1. The average molecular weight is 303 g/mol. The van der Waals surface area contributed by atoms with E-state index in [-0.39, 0.29) is 6.61 Å². The highest BCUT2D eigenvalue weighted by atomic mass is 32.2. The molecule has 0 amide bonds. The summed E-state index contributed by atoms with van der Waals surface area (Å²) in [7, 11) is -2.21. The fourth-order valence-corrected chi connectivity index (χ4v) is 1.87. The molecule has 0 radical (unpaired) electrons. The van der Waals surface area contributed by atoms with Gasteiger partial charge in [-0.15, -0.1) is 0 Å².